The molecule has 0 radical (unpaired) electrons. The van der Waals surface area contributed by atoms with Gasteiger partial charge in [0.25, 0.3) is 0 Å². The van der Waals surface area contributed by atoms with Crippen LogP contribution in [-0.4, -0.2) is 32.6 Å². The molecule has 1 aliphatic rings. The molecule has 148 valence electrons. The first kappa shape index (κ1) is 18.1. The molecule has 0 amide bonds. The number of benzene rings is 1. The quantitative estimate of drug-likeness (QED) is 0.558. The predicted molar refractivity (Wildman–Crippen MR) is 118 cm³/mol. The molecule has 6 heteroatoms. The van der Waals surface area contributed by atoms with Crippen LogP contribution in [0.5, 0.6) is 0 Å². The average Bonchev–Trinajstić information content (AvgIpc) is 3.14. The van der Waals surface area contributed by atoms with E-state index in [4.69, 9.17) is 15.7 Å². The third-order valence-corrected chi connectivity index (χ3v) is 5.99. The highest BCUT2D eigenvalue weighted by molar-refractivity contribution is 6.07. The summed E-state index contributed by atoms with van der Waals surface area (Å²) in [4.78, 5) is 13.8. The van der Waals surface area contributed by atoms with E-state index < -0.39 is 0 Å². The normalized spacial score (nSPS) is 15.3. The van der Waals surface area contributed by atoms with E-state index in [1.165, 1.54) is 12.8 Å². The van der Waals surface area contributed by atoms with Crippen molar-refractivity contribution in [1.82, 2.24) is 24.8 Å². The SMILES string of the molecule is CCc1nc2c(N)nc3cc(-c4cccnc4)ccc3c2n1CC1CCNCC1. The third kappa shape index (κ3) is 3.23. The molecule has 5 rings (SSSR count). The molecule has 3 N–H and O–H groups in total. The highest BCUT2D eigenvalue weighted by Crippen LogP contribution is 2.32. The van der Waals surface area contributed by atoms with E-state index >= 15 is 0 Å². The Morgan fingerprint density at radius 3 is 2.76 bits per heavy atom. The van der Waals surface area contributed by atoms with Gasteiger partial charge in [0.1, 0.15) is 11.3 Å². The number of anilines is 1. The Labute approximate surface area is 170 Å². The smallest absolute Gasteiger partial charge is 0.152 e. The van der Waals surface area contributed by atoms with Crippen molar-refractivity contribution in [1.29, 1.82) is 0 Å². The topological polar surface area (TPSA) is 81.7 Å². The van der Waals surface area contributed by atoms with Crippen LogP contribution in [0.25, 0.3) is 33.1 Å². The van der Waals surface area contributed by atoms with Crippen LogP contribution in [0, 0.1) is 5.92 Å². The number of hydrogen-bond donors (Lipinski definition) is 2. The fourth-order valence-electron chi connectivity index (χ4n) is 4.46. The number of aromatic nitrogens is 4. The summed E-state index contributed by atoms with van der Waals surface area (Å²) >= 11 is 0. The molecule has 0 unspecified atom stereocenters. The summed E-state index contributed by atoms with van der Waals surface area (Å²) in [6.07, 6.45) is 6.95. The lowest BCUT2D eigenvalue weighted by molar-refractivity contribution is 0.333. The zero-order chi connectivity index (χ0) is 19.8. The van der Waals surface area contributed by atoms with Gasteiger partial charge in [0.15, 0.2) is 5.82 Å². The maximum Gasteiger partial charge on any atom is 0.152 e. The van der Waals surface area contributed by atoms with Crippen LogP contribution in [0.4, 0.5) is 5.82 Å². The number of nitrogens with two attached hydrogens (primary N) is 1. The molecule has 0 atom stereocenters. The molecule has 29 heavy (non-hydrogen) atoms. The summed E-state index contributed by atoms with van der Waals surface area (Å²) in [6.45, 7) is 5.34. The van der Waals surface area contributed by atoms with Crippen molar-refractivity contribution < 1.29 is 0 Å². The molecule has 6 nitrogen and oxygen atoms in total. The molecule has 4 heterocycles. The minimum Gasteiger partial charge on any atom is -0.382 e. The highest BCUT2D eigenvalue weighted by atomic mass is 15.1. The van der Waals surface area contributed by atoms with Crippen LogP contribution in [0.2, 0.25) is 0 Å². The second-order valence-electron chi connectivity index (χ2n) is 7.85. The van der Waals surface area contributed by atoms with Gasteiger partial charge in [-0.2, -0.15) is 0 Å². The molecule has 1 fully saturated rings. The van der Waals surface area contributed by atoms with Crippen molar-refractivity contribution in [3.8, 4) is 11.1 Å². The number of nitrogen functional groups attached to an aromatic ring is 1. The summed E-state index contributed by atoms with van der Waals surface area (Å²) < 4.78 is 2.40. The Hall–Kier alpha value is -2.99. The Balaban J connectivity index is 1.69. The van der Waals surface area contributed by atoms with E-state index in [0.717, 1.165) is 64.9 Å². The van der Waals surface area contributed by atoms with Gasteiger partial charge >= 0.3 is 0 Å². The van der Waals surface area contributed by atoms with E-state index in [9.17, 15) is 0 Å². The second-order valence-corrected chi connectivity index (χ2v) is 7.85. The average molecular weight is 387 g/mol. The summed E-state index contributed by atoms with van der Waals surface area (Å²) in [6, 6.07) is 10.4. The second kappa shape index (κ2) is 7.44. The number of rotatable bonds is 4. The van der Waals surface area contributed by atoms with E-state index in [1.807, 2.05) is 12.3 Å². The molecular formula is C23H26N6. The number of nitrogens with one attached hydrogen (secondary N) is 1. The molecule has 0 bridgehead atoms. The van der Waals surface area contributed by atoms with Crippen molar-refractivity contribution in [2.24, 2.45) is 5.92 Å². The molecule has 3 aromatic heterocycles. The van der Waals surface area contributed by atoms with E-state index in [2.05, 4.69) is 46.1 Å². The zero-order valence-electron chi connectivity index (χ0n) is 16.7. The summed E-state index contributed by atoms with van der Waals surface area (Å²) in [7, 11) is 0. The van der Waals surface area contributed by atoms with Crippen LogP contribution in [0.15, 0.2) is 42.7 Å². The molecule has 0 spiro atoms. The lowest BCUT2D eigenvalue weighted by atomic mass is 9.98. The van der Waals surface area contributed by atoms with Crippen molar-refractivity contribution in [2.75, 3.05) is 18.8 Å². The van der Waals surface area contributed by atoms with Crippen molar-refractivity contribution in [2.45, 2.75) is 32.7 Å². The van der Waals surface area contributed by atoms with E-state index in [-0.39, 0.29) is 0 Å². The molecule has 4 aromatic rings. The maximum atomic E-state index is 6.37. The molecular weight excluding hydrogens is 360 g/mol. The fraction of sp³-hybridized carbons (Fsp3) is 0.348. The third-order valence-electron chi connectivity index (χ3n) is 5.99. The van der Waals surface area contributed by atoms with Gasteiger partial charge < -0.3 is 15.6 Å². The van der Waals surface area contributed by atoms with Gasteiger partial charge in [-0.3, -0.25) is 4.98 Å². The molecule has 0 saturated carbocycles. The minimum absolute atomic E-state index is 0.509. The number of imidazole rings is 1. The molecule has 0 aliphatic carbocycles. The van der Waals surface area contributed by atoms with Crippen LogP contribution in [0.3, 0.4) is 0 Å². The number of aryl methyl sites for hydroxylation is 1. The number of hydrogen-bond acceptors (Lipinski definition) is 5. The fourth-order valence-corrected chi connectivity index (χ4v) is 4.46. The lowest BCUT2D eigenvalue weighted by Gasteiger charge is -2.24. The minimum atomic E-state index is 0.509. The monoisotopic (exact) mass is 386 g/mol. The number of fused-ring (bicyclic) bond motifs is 3. The van der Waals surface area contributed by atoms with Crippen molar-refractivity contribution >= 4 is 27.8 Å². The van der Waals surface area contributed by atoms with Gasteiger partial charge in [-0.25, -0.2) is 9.97 Å². The Morgan fingerprint density at radius 2 is 2.00 bits per heavy atom. The number of piperidine rings is 1. The zero-order valence-corrected chi connectivity index (χ0v) is 16.7. The van der Waals surface area contributed by atoms with Crippen LogP contribution in [-0.2, 0) is 13.0 Å². The van der Waals surface area contributed by atoms with Gasteiger partial charge in [-0.15, -0.1) is 0 Å². The van der Waals surface area contributed by atoms with Crippen LogP contribution in [0.1, 0.15) is 25.6 Å². The standard InChI is InChI=1S/C23H26N6/c1-2-20-28-21-22(29(20)14-15-7-10-25-11-8-15)18-6-5-16(12-19(18)27-23(21)24)17-4-3-9-26-13-17/h3-6,9,12-13,15,25H,2,7-8,10-11,14H2,1H3,(H2,24,27). The lowest BCUT2D eigenvalue weighted by Crippen LogP contribution is -2.30. The van der Waals surface area contributed by atoms with Crippen molar-refractivity contribution in [3.63, 3.8) is 0 Å². The molecule has 1 aliphatic heterocycles. The van der Waals surface area contributed by atoms with Gasteiger partial charge in [-0.1, -0.05) is 25.1 Å². The summed E-state index contributed by atoms with van der Waals surface area (Å²) in [5.41, 5.74) is 11.4. The van der Waals surface area contributed by atoms with Crippen molar-refractivity contribution in [3.05, 3.63) is 48.5 Å². The van der Waals surface area contributed by atoms with E-state index in [0.29, 0.717) is 11.7 Å². The first-order valence-electron chi connectivity index (χ1n) is 10.4. The summed E-state index contributed by atoms with van der Waals surface area (Å²) in [5.74, 6) is 2.27. The highest BCUT2D eigenvalue weighted by Gasteiger charge is 2.21. The van der Waals surface area contributed by atoms with Gasteiger partial charge in [-0.05, 0) is 49.5 Å². The Morgan fingerprint density at radius 1 is 1.14 bits per heavy atom. The molecule has 1 saturated heterocycles. The number of nitrogens with zero attached hydrogens (tertiary/aromatic N) is 4. The van der Waals surface area contributed by atoms with Gasteiger partial charge in [0.2, 0.25) is 0 Å². The Kier molecular flexibility index (Phi) is 4.64. The van der Waals surface area contributed by atoms with Gasteiger partial charge in [0, 0.05) is 36.3 Å². The van der Waals surface area contributed by atoms with Crippen LogP contribution >= 0.6 is 0 Å². The first-order valence-corrected chi connectivity index (χ1v) is 10.4. The van der Waals surface area contributed by atoms with Gasteiger partial charge in [0.05, 0.1) is 11.0 Å². The largest absolute Gasteiger partial charge is 0.382 e. The summed E-state index contributed by atoms with van der Waals surface area (Å²) in [5, 5.41) is 4.57. The first-order chi connectivity index (χ1) is 14.2. The molecule has 1 aromatic carbocycles. The number of pyridine rings is 2. The predicted octanol–water partition coefficient (Wildman–Crippen LogP) is 3.79. The van der Waals surface area contributed by atoms with E-state index in [1.54, 1.807) is 6.20 Å². The Bertz CT molecular complexity index is 1160. The van der Waals surface area contributed by atoms with Crippen LogP contribution < -0.4 is 11.1 Å². The maximum absolute atomic E-state index is 6.37.